The van der Waals surface area contributed by atoms with E-state index < -0.39 is 0 Å². The Kier molecular flexibility index (Phi) is 4.79. The quantitative estimate of drug-likeness (QED) is 0.147. The van der Waals surface area contributed by atoms with Crippen molar-refractivity contribution in [1.29, 1.82) is 0 Å². The van der Waals surface area contributed by atoms with Gasteiger partial charge in [-0.15, -0.1) is 0 Å². The highest BCUT2D eigenvalue weighted by Crippen LogP contribution is 2.55. The normalized spacial score (nSPS) is 13.3. The monoisotopic (exact) mass is 576 g/mol. The third-order valence-corrected chi connectivity index (χ3v) is 10.2. The van der Waals surface area contributed by atoms with Crippen molar-refractivity contribution >= 4 is 49.7 Å². The largest absolute Gasteiger partial charge is 0.289 e. The van der Waals surface area contributed by atoms with Crippen molar-refractivity contribution < 1.29 is 14.4 Å². The Morgan fingerprint density at radius 1 is 0.356 bits per heavy atom. The first-order chi connectivity index (χ1) is 22.1. The lowest BCUT2D eigenvalue weighted by molar-refractivity contribution is 0.103. The zero-order chi connectivity index (χ0) is 30.0. The van der Waals surface area contributed by atoms with Gasteiger partial charge in [-0.2, -0.15) is 0 Å². The highest BCUT2D eigenvalue weighted by molar-refractivity contribution is 6.36. The highest BCUT2D eigenvalue weighted by Gasteiger charge is 2.37. The Hall–Kier alpha value is -5.67. The molecule has 0 saturated heterocycles. The van der Waals surface area contributed by atoms with Crippen LogP contribution in [0.2, 0.25) is 0 Å². The Labute approximate surface area is 258 Å². The smallest absolute Gasteiger partial charge is 0.193 e. The molecule has 7 aromatic rings. The van der Waals surface area contributed by atoms with Gasteiger partial charge in [0.15, 0.2) is 17.3 Å². The van der Waals surface area contributed by atoms with E-state index in [0.717, 1.165) is 66.2 Å². The Bertz CT molecular complexity index is 2210. The minimum absolute atomic E-state index is 0.0118. The lowest BCUT2D eigenvalue weighted by Crippen LogP contribution is -2.07. The number of hydrogen-bond donors (Lipinski definition) is 0. The van der Waals surface area contributed by atoms with Crippen molar-refractivity contribution in [3.05, 3.63) is 176 Å². The second-order valence-electron chi connectivity index (χ2n) is 12.6. The molecule has 0 heterocycles. The van der Waals surface area contributed by atoms with Crippen molar-refractivity contribution in [2.45, 2.75) is 19.3 Å². The standard InChI is InChI=1S/C42H24O3/c43-40(22-10-4-1-5-11-22)31-19-25-17-29-33(42(45)24-14-8-3-9-15-24)21-27-18-30-32(41(44)23-12-6-2-7-13-23)20-26-16-28(31)37-34(25)38(29)36(27)39(30)35(26)37/h1-15,19-21H,16-18H2. The van der Waals surface area contributed by atoms with Gasteiger partial charge in [0, 0.05) is 33.4 Å². The summed E-state index contributed by atoms with van der Waals surface area (Å²) in [4.78, 5) is 42.4. The van der Waals surface area contributed by atoms with E-state index in [1.807, 2.05) is 91.0 Å². The molecule has 3 heteroatoms. The van der Waals surface area contributed by atoms with Crippen molar-refractivity contribution in [2.75, 3.05) is 0 Å². The molecule has 0 unspecified atom stereocenters. The van der Waals surface area contributed by atoms with Gasteiger partial charge in [0.25, 0.3) is 0 Å². The maximum absolute atomic E-state index is 14.1. The molecular formula is C42H24O3. The minimum atomic E-state index is 0.0118. The molecule has 0 bridgehead atoms. The first-order valence-electron chi connectivity index (χ1n) is 15.4. The van der Waals surface area contributed by atoms with Gasteiger partial charge in [0.2, 0.25) is 0 Å². The van der Waals surface area contributed by atoms with E-state index in [4.69, 9.17) is 0 Å². The Balaban J connectivity index is 1.32. The zero-order valence-electron chi connectivity index (χ0n) is 24.2. The van der Waals surface area contributed by atoms with E-state index in [1.165, 1.54) is 16.2 Å². The average Bonchev–Trinajstić information content (AvgIpc) is 3.78. The van der Waals surface area contributed by atoms with Crippen molar-refractivity contribution in [1.82, 2.24) is 0 Å². The molecule has 3 aliphatic rings. The summed E-state index contributed by atoms with van der Waals surface area (Å²) >= 11 is 0. The third-order valence-electron chi connectivity index (χ3n) is 10.2. The molecule has 0 aliphatic heterocycles. The average molecular weight is 577 g/mol. The van der Waals surface area contributed by atoms with E-state index >= 15 is 0 Å². The fourth-order valence-corrected chi connectivity index (χ4v) is 8.41. The van der Waals surface area contributed by atoms with Crippen LogP contribution in [0.1, 0.15) is 81.1 Å². The second kappa shape index (κ2) is 8.71. The van der Waals surface area contributed by atoms with Crippen LogP contribution in [-0.4, -0.2) is 17.3 Å². The maximum atomic E-state index is 14.1. The molecule has 210 valence electrons. The Morgan fingerprint density at radius 2 is 0.622 bits per heavy atom. The molecule has 45 heavy (non-hydrogen) atoms. The molecule has 10 rings (SSSR count). The molecule has 0 saturated carbocycles. The summed E-state index contributed by atoms with van der Waals surface area (Å²) in [7, 11) is 0. The molecule has 7 aromatic carbocycles. The first kappa shape index (κ1) is 24.7. The van der Waals surface area contributed by atoms with E-state index in [-0.39, 0.29) is 17.3 Å². The van der Waals surface area contributed by atoms with E-state index in [2.05, 4.69) is 18.2 Å². The van der Waals surface area contributed by atoms with Crippen LogP contribution in [0.5, 0.6) is 0 Å². The number of benzene rings is 7. The van der Waals surface area contributed by atoms with E-state index in [9.17, 15) is 14.4 Å². The summed E-state index contributed by atoms with van der Waals surface area (Å²) in [6, 6.07) is 34.7. The van der Waals surface area contributed by atoms with Gasteiger partial charge in [0.1, 0.15) is 0 Å². The Morgan fingerprint density at radius 3 is 0.889 bits per heavy atom. The molecule has 3 nitrogen and oxygen atoms in total. The van der Waals surface area contributed by atoms with Crippen LogP contribution in [0.15, 0.2) is 109 Å². The van der Waals surface area contributed by atoms with Gasteiger partial charge < -0.3 is 0 Å². The van der Waals surface area contributed by atoms with Crippen molar-refractivity contribution in [3.8, 4) is 0 Å². The molecule has 0 N–H and O–H groups in total. The van der Waals surface area contributed by atoms with Crippen LogP contribution in [0.4, 0.5) is 0 Å². The van der Waals surface area contributed by atoms with Gasteiger partial charge in [-0.1, -0.05) is 91.0 Å². The van der Waals surface area contributed by atoms with Gasteiger partial charge in [0.05, 0.1) is 0 Å². The zero-order valence-corrected chi connectivity index (χ0v) is 24.2. The van der Waals surface area contributed by atoms with Gasteiger partial charge >= 0.3 is 0 Å². The van der Waals surface area contributed by atoms with E-state index in [1.54, 1.807) is 0 Å². The summed E-state index contributed by atoms with van der Waals surface area (Å²) in [5, 5.41) is 6.97. The number of carbonyl (C=O) groups excluding carboxylic acids is 3. The lowest BCUT2D eigenvalue weighted by Gasteiger charge is -2.13. The van der Waals surface area contributed by atoms with Gasteiger partial charge in [-0.25, -0.2) is 0 Å². The number of ketones is 3. The molecular weight excluding hydrogens is 552 g/mol. The van der Waals surface area contributed by atoms with Crippen LogP contribution in [-0.2, 0) is 19.3 Å². The summed E-state index contributed by atoms with van der Waals surface area (Å²) < 4.78 is 0. The van der Waals surface area contributed by atoms with Gasteiger partial charge in [-0.3, -0.25) is 14.4 Å². The van der Waals surface area contributed by atoms with Crippen LogP contribution >= 0.6 is 0 Å². The molecule has 3 aliphatic carbocycles. The lowest BCUT2D eigenvalue weighted by atomic mass is 9.88. The number of carbonyl (C=O) groups is 3. The predicted octanol–water partition coefficient (Wildman–Crippen LogP) is 8.55. The summed E-state index contributed by atoms with van der Waals surface area (Å²) in [5.74, 6) is 0.0353. The SMILES string of the molecule is O=C(c1ccccc1)c1cc2c3c4c1Cc1cc(C(=O)c5ccccc5)c5c(c14)c1c(cc(C(=O)c4ccccc4)c(c31)C2)C5. The number of hydrogen-bond acceptors (Lipinski definition) is 3. The fourth-order valence-electron chi connectivity index (χ4n) is 8.41. The first-order valence-corrected chi connectivity index (χ1v) is 15.4. The minimum Gasteiger partial charge on any atom is -0.289 e. The number of rotatable bonds is 6. The maximum Gasteiger partial charge on any atom is 0.193 e. The summed E-state index contributed by atoms with van der Waals surface area (Å²) in [5.41, 5.74) is 10.6. The van der Waals surface area contributed by atoms with Crippen LogP contribution in [0, 0.1) is 0 Å². The predicted molar refractivity (Wildman–Crippen MR) is 177 cm³/mol. The summed E-state index contributed by atoms with van der Waals surface area (Å²) in [6.07, 6.45) is 1.80. The van der Waals surface area contributed by atoms with Gasteiger partial charge in [-0.05, 0) is 103 Å². The van der Waals surface area contributed by atoms with E-state index in [0.29, 0.717) is 36.0 Å². The van der Waals surface area contributed by atoms with Crippen molar-refractivity contribution in [2.24, 2.45) is 0 Å². The topological polar surface area (TPSA) is 51.2 Å². The highest BCUT2D eigenvalue weighted by atomic mass is 16.1. The molecule has 0 amide bonds. The molecule has 0 radical (unpaired) electrons. The van der Waals surface area contributed by atoms with Crippen LogP contribution < -0.4 is 0 Å². The second-order valence-corrected chi connectivity index (χ2v) is 12.6. The molecule has 0 fully saturated rings. The molecule has 0 spiro atoms. The fraction of sp³-hybridized carbons (Fsp3) is 0.0714. The van der Waals surface area contributed by atoms with Crippen LogP contribution in [0.25, 0.3) is 32.3 Å². The molecule has 0 aromatic heterocycles. The third kappa shape index (κ3) is 3.17. The van der Waals surface area contributed by atoms with Crippen molar-refractivity contribution in [3.63, 3.8) is 0 Å². The van der Waals surface area contributed by atoms with Crippen LogP contribution in [0.3, 0.4) is 0 Å². The summed E-state index contributed by atoms with van der Waals surface area (Å²) in [6.45, 7) is 0. The molecule has 0 atom stereocenters.